The number of aromatic nitrogens is 1. The van der Waals surface area contributed by atoms with Gasteiger partial charge < -0.3 is 18.8 Å². The second kappa shape index (κ2) is 8.91. The van der Waals surface area contributed by atoms with Crippen LogP contribution in [0.4, 0.5) is 0 Å². The van der Waals surface area contributed by atoms with Gasteiger partial charge in [0.2, 0.25) is 0 Å². The Morgan fingerprint density at radius 2 is 1.79 bits per heavy atom. The number of thiazole rings is 1. The van der Waals surface area contributed by atoms with Crippen molar-refractivity contribution < 1.29 is 23.8 Å². The number of ether oxygens (including phenoxy) is 3. The molecule has 0 radical (unpaired) electrons. The van der Waals surface area contributed by atoms with Gasteiger partial charge in [0.05, 0.1) is 38.0 Å². The summed E-state index contributed by atoms with van der Waals surface area (Å²) in [7, 11) is 4.47. The van der Waals surface area contributed by atoms with E-state index in [9.17, 15) is 9.59 Å². The third kappa shape index (κ3) is 4.48. The predicted octanol–water partition coefficient (Wildman–Crippen LogP) is 3.33. The molecule has 3 rings (SSSR count). The van der Waals surface area contributed by atoms with Crippen molar-refractivity contribution in [2.45, 2.75) is 19.9 Å². The average Bonchev–Trinajstić information content (AvgIpc) is 3.06. The molecular weight excluding hydrogens is 392 g/mol. The zero-order valence-electron chi connectivity index (χ0n) is 16.7. The van der Waals surface area contributed by atoms with Crippen LogP contribution in [0.25, 0.3) is 10.2 Å². The topological polar surface area (TPSA) is 79.1 Å². The van der Waals surface area contributed by atoms with E-state index in [0.717, 1.165) is 15.8 Å². The maximum absolute atomic E-state index is 12.7. The average molecular weight is 414 g/mol. The van der Waals surface area contributed by atoms with E-state index in [1.54, 1.807) is 26.4 Å². The number of methoxy groups -OCH3 is 3. The fraction of sp³-hybridized carbons (Fsp3) is 0.286. The lowest BCUT2D eigenvalue weighted by atomic mass is 10.1. The number of carbonyl (C=O) groups excluding carboxylic acids is 2. The maximum atomic E-state index is 12.7. The molecule has 0 spiro atoms. The normalized spacial score (nSPS) is 11.5. The Bertz CT molecular complexity index is 1130. The van der Waals surface area contributed by atoms with Crippen LogP contribution >= 0.6 is 11.3 Å². The molecule has 0 saturated heterocycles. The third-order valence-electron chi connectivity index (χ3n) is 4.42. The van der Waals surface area contributed by atoms with Gasteiger partial charge in [0.15, 0.2) is 16.3 Å². The van der Waals surface area contributed by atoms with Crippen molar-refractivity contribution >= 4 is 33.4 Å². The summed E-state index contributed by atoms with van der Waals surface area (Å²) < 4.78 is 18.2. The van der Waals surface area contributed by atoms with E-state index in [0.29, 0.717) is 28.4 Å². The van der Waals surface area contributed by atoms with Crippen LogP contribution in [-0.2, 0) is 16.1 Å². The van der Waals surface area contributed by atoms with E-state index in [2.05, 4.69) is 4.99 Å². The molecule has 1 amide bonds. The smallest absolute Gasteiger partial charge is 0.307 e. The van der Waals surface area contributed by atoms with Crippen molar-refractivity contribution in [3.8, 4) is 11.5 Å². The molecule has 0 aliphatic rings. The van der Waals surface area contributed by atoms with Gasteiger partial charge in [-0.25, -0.2) is 0 Å². The van der Waals surface area contributed by atoms with Crippen LogP contribution in [0.5, 0.6) is 11.5 Å². The van der Waals surface area contributed by atoms with Gasteiger partial charge in [-0.1, -0.05) is 29.0 Å². The SMILES string of the molecule is COC(=O)CCn1c(=NC(=O)c2cccc(C)c2)sc2cc(OC)c(OC)cc21. The summed E-state index contributed by atoms with van der Waals surface area (Å²) in [5.41, 5.74) is 2.29. The Morgan fingerprint density at radius 3 is 2.45 bits per heavy atom. The van der Waals surface area contributed by atoms with Gasteiger partial charge in [0, 0.05) is 24.2 Å². The quantitative estimate of drug-likeness (QED) is 0.578. The molecule has 2 aromatic carbocycles. The van der Waals surface area contributed by atoms with Gasteiger partial charge in [0.1, 0.15) is 0 Å². The molecule has 0 fully saturated rings. The monoisotopic (exact) mass is 414 g/mol. The first-order valence-corrected chi connectivity index (χ1v) is 9.76. The highest BCUT2D eigenvalue weighted by Gasteiger charge is 2.15. The molecule has 7 nitrogen and oxygen atoms in total. The van der Waals surface area contributed by atoms with Crippen LogP contribution in [0.15, 0.2) is 41.4 Å². The third-order valence-corrected chi connectivity index (χ3v) is 5.46. The Morgan fingerprint density at radius 1 is 1.07 bits per heavy atom. The molecule has 0 aliphatic carbocycles. The maximum Gasteiger partial charge on any atom is 0.307 e. The van der Waals surface area contributed by atoms with Gasteiger partial charge in [0.25, 0.3) is 5.91 Å². The van der Waals surface area contributed by atoms with Gasteiger partial charge >= 0.3 is 5.97 Å². The van der Waals surface area contributed by atoms with Crippen molar-refractivity contribution in [2.75, 3.05) is 21.3 Å². The lowest BCUT2D eigenvalue weighted by Gasteiger charge is -2.09. The molecule has 0 saturated carbocycles. The Labute approximate surface area is 172 Å². The molecule has 1 aromatic heterocycles. The molecule has 0 N–H and O–H groups in total. The van der Waals surface area contributed by atoms with Crippen LogP contribution in [0.3, 0.4) is 0 Å². The highest BCUT2D eigenvalue weighted by Crippen LogP contribution is 2.33. The van der Waals surface area contributed by atoms with E-state index in [1.807, 2.05) is 35.8 Å². The van der Waals surface area contributed by atoms with Gasteiger partial charge in [-0.05, 0) is 19.1 Å². The van der Waals surface area contributed by atoms with E-state index in [4.69, 9.17) is 14.2 Å². The van der Waals surface area contributed by atoms with Crippen LogP contribution in [0, 0.1) is 6.92 Å². The molecular formula is C21H22N2O5S. The van der Waals surface area contributed by atoms with Crippen LogP contribution in [0.2, 0.25) is 0 Å². The summed E-state index contributed by atoms with van der Waals surface area (Å²) in [5, 5.41) is 0. The minimum Gasteiger partial charge on any atom is -0.493 e. The zero-order chi connectivity index (χ0) is 21.0. The number of nitrogens with zero attached hydrogens (tertiary/aromatic N) is 2. The molecule has 3 aromatic rings. The van der Waals surface area contributed by atoms with Crippen molar-refractivity contribution in [3.63, 3.8) is 0 Å². The number of rotatable bonds is 6. The standard InChI is InChI=1S/C21H22N2O5S/c1-13-6-5-7-14(10-13)20(25)22-21-23(9-8-19(24)28-4)15-11-16(26-2)17(27-3)12-18(15)29-21/h5-7,10-12H,8-9H2,1-4H3. The molecule has 1 heterocycles. The van der Waals surface area contributed by atoms with Gasteiger partial charge in [-0.15, -0.1) is 0 Å². The number of esters is 1. The van der Waals surface area contributed by atoms with Crippen molar-refractivity contribution in [3.05, 3.63) is 52.3 Å². The van der Waals surface area contributed by atoms with Gasteiger partial charge in [-0.2, -0.15) is 4.99 Å². The molecule has 0 atom stereocenters. The number of benzene rings is 2. The van der Waals surface area contributed by atoms with Crippen LogP contribution in [-0.4, -0.2) is 37.8 Å². The van der Waals surface area contributed by atoms with Crippen molar-refractivity contribution in [1.29, 1.82) is 0 Å². The number of hydrogen-bond donors (Lipinski definition) is 0. The first-order chi connectivity index (χ1) is 14.0. The molecule has 29 heavy (non-hydrogen) atoms. The van der Waals surface area contributed by atoms with Gasteiger partial charge in [-0.3, -0.25) is 9.59 Å². The van der Waals surface area contributed by atoms with E-state index in [-0.39, 0.29) is 18.3 Å². The van der Waals surface area contributed by atoms with Crippen molar-refractivity contribution in [1.82, 2.24) is 4.57 Å². The summed E-state index contributed by atoms with van der Waals surface area (Å²) in [6.07, 6.45) is 0.155. The molecule has 0 aliphatic heterocycles. The first-order valence-electron chi connectivity index (χ1n) is 8.94. The summed E-state index contributed by atoms with van der Waals surface area (Å²) in [6.45, 7) is 2.24. The molecule has 0 bridgehead atoms. The minimum absolute atomic E-state index is 0.155. The Kier molecular flexibility index (Phi) is 6.33. The summed E-state index contributed by atoms with van der Waals surface area (Å²) >= 11 is 1.35. The van der Waals surface area contributed by atoms with Crippen LogP contribution in [0.1, 0.15) is 22.3 Å². The first kappa shape index (κ1) is 20.6. The summed E-state index contributed by atoms with van der Waals surface area (Å²) in [4.78, 5) is 29.2. The zero-order valence-corrected chi connectivity index (χ0v) is 17.5. The second-order valence-corrected chi connectivity index (χ2v) is 7.33. The highest BCUT2D eigenvalue weighted by atomic mass is 32.1. The summed E-state index contributed by atoms with van der Waals surface area (Å²) in [5.74, 6) is 0.457. The fourth-order valence-corrected chi connectivity index (χ4v) is 4.00. The largest absolute Gasteiger partial charge is 0.493 e. The highest BCUT2D eigenvalue weighted by molar-refractivity contribution is 7.16. The summed E-state index contributed by atoms with van der Waals surface area (Å²) in [6, 6.07) is 10.9. The fourth-order valence-electron chi connectivity index (χ4n) is 2.93. The number of fused-ring (bicyclic) bond motifs is 1. The minimum atomic E-state index is -0.342. The Balaban J connectivity index is 2.15. The second-order valence-electron chi connectivity index (χ2n) is 6.32. The molecule has 152 valence electrons. The van der Waals surface area contributed by atoms with Crippen molar-refractivity contribution in [2.24, 2.45) is 4.99 Å². The number of amides is 1. The van der Waals surface area contributed by atoms with Crippen LogP contribution < -0.4 is 14.3 Å². The molecule has 8 heteroatoms. The number of aryl methyl sites for hydroxylation is 2. The lowest BCUT2D eigenvalue weighted by molar-refractivity contribution is -0.140. The number of hydrogen-bond acceptors (Lipinski definition) is 6. The van der Waals surface area contributed by atoms with E-state index >= 15 is 0 Å². The number of carbonyl (C=O) groups is 2. The Hall–Kier alpha value is -3.13. The lowest BCUT2D eigenvalue weighted by Crippen LogP contribution is -2.19. The molecule has 0 unspecified atom stereocenters. The van der Waals surface area contributed by atoms with E-state index in [1.165, 1.54) is 18.4 Å². The van der Waals surface area contributed by atoms with E-state index < -0.39 is 0 Å². The predicted molar refractivity (Wildman–Crippen MR) is 111 cm³/mol.